The van der Waals surface area contributed by atoms with Crippen LogP contribution in [0.3, 0.4) is 0 Å². The number of unbranched alkanes of at least 4 members (excludes halogenated alkanes) is 34. The van der Waals surface area contributed by atoms with Crippen molar-refractivity contribution in [1.82, 2.24) is 0 Å². The Hall–Kier alpha value is -2.80. The summed E-state index contributed by atoms with van der Waals surface area (Å²) in [4.78, 5) is 51.0. The Morgan fingerprint density at radius 2 is 0.795 bits per heavy atom. The number of allylic oxidation sites excluding steroid dienone is 4. The predicted molar refractivity (Wildman–Crippen MR) is 294 cm³/mol. The molecule has 426 valence electrons. The van der Waals surface area contributed by atoms with Gasteiger partial charge in [0.05, 0.1) is 6.61 Å². The maximum atomic E-state index is 13.1. The minimum atomic E-state index is -1.90. The molecule has 12 nitrogen and oxygen atoms in total. The fraction of sp³-hybridized carbons (Fsp3) is 0.869. The lowest BCUT2D eigenvalue weighted by atomic mass is 9.98. The number of aliphatic hydroxyl groups excluding tert-OH is 2. The number of rotatable bonds is 52. The van der Waals surface area contributed by atoms with Crippen LogP contribution in [0.15, 0.2) is 24.3 Å². The van der Waals surface area contributed by atoms with E-state index in [0.717, 1.165) is 96.3 Å². The first-order valence-corrected chi connectivity index (χ1v) is 30.3. The molecule has 1 rings (SSSR count). The average Bonchev–Trinajstić information content (AvgIpc) is 3.37. The Labute approximate surface area is 445 Å². The van der Waals surface area contributed by atoms with E-state index in [1.165, 1.54) is 135 Å². The van der Waals surface area contributed by atoms with Crippen LogP contribution in [0.4, 0.5) is 0 Å². The highest BCUT2D eigenvalue weighted by molar-refractivity contribution is 5.74. The van der Waals surface area contributed by atoms with Crippen molar-refractivity contribution in [3.63, 3.8) is 0 Å². The molecule has 1 saturated heterocycles. The summed E-state index contributed by atoms with van der Waals surface area (Å²) < 4.78 is 28.4. The van der Waals surface area contributed by atoms with E-state index in [2.05, 4.69) is 45.1 Å². The monoisotopic (exact) mass is 1030 g/mol. The molecule has 0 spiro atoms. The second-order valence-electron chi connectivity index (χ2n) is 21.0. The molecule has 73 heavy (non-hydrogen) atoms. The fourth-order valence-electron chi connectivity index (χ4n) is 9.29. The quantitative estimate of drug-likeness (QED) is 0.0228. The van der Waals surface area contributed by atoms with Crippen LogP contribution in [-0.4, -0.2) is 89.2 Å². The lowest BCUT2D eigenvalue weighted by Gasteiger charge is -2.40. The van der Waals surface area contributed by atoms with Crippen molar-refractivity contribution in [3.8, 4) is 0 Å². The minimum absolute atomic E-state index is 0.0528. The molecule has 3 N–H and O–H groups in total. The zero-order valence-corrected chi connectivity index (χ0v) is 46.9. The van der Waals surface area contributed by atoms with Crippen LogP contribution in [0.2, 0.25) is 0 Å². The molecule has 0 radical (unpaired) electrons. The Kier molecular flexibility index (Phi) is 46.8. The van der Waals surface area contributed by atoms with Crippen LogP contribution in [0.1, 0.15) is 290 Å². The van der Waals surface area contributed by atoms with Crippen molar-refractivity contribution < 1.29 is 58.2 Å². The van der Waals surface area contributed by atoms with E-state index in [4.69, 9.17) is 23.7 Å². The number of carboxylic acid groups (broad SMARTS) is 1. The molecule has 1 fully saturated rings. The Morgan fingerprint density at radius 1 is 0.438 bits per heavy atom. The van der Waals surface area contributed by atoms with Gasteiger partial charge in [-0.15, -0.1) is 0 Å². The summed E-state index contributed by atoms with van der Waals surface area (Å²) in [5, 5.41) is 31.4. The molecule has 0 aromatic heterocycles. The van der Waals surface area contributed by atoms with Crippen LogP contribution in [0, 0.1) is 0 Å². The number of hydrogen-bond donors (Lipinski definition) is 3. The predicted octanol–water partition coefficient (Wildman–Crippen LogP) is 15.5. The van der Waals surface area contributed by atoms with Crippen molar-refractivity contribution in [2.24, 2.45) is 0 Å². The summed E-state index contributed by atoms with van der Waals surface area (Å²) in [7, 11) is 0. The van der Waals surface area contributed by atoms with Crippen LogP contribution >= 0.6 is 0 Å². The van der Waals surface area contributed by atoms with Crippen molar-refractivity contribution in [3.05, 3.63) is 24.3 Å². The van der Waals surface area contributed by atoms with E-state index in [0.29, 0.717) is 19.3 Å². The summed E-state index contributed by atoms with van der Waals surface area (Å²) in [6.07, 6.45) is 44.5. The first-order valence-electron chi connectivity index (χ1n) is 30.3. The summed E-state index contributed by atoms with van der Waals surface area (Å²) >= 11 is 0. The van der Waals surface area contributed by atoms with Gasteiger partial charge in [0.1, 0.15) is 18.8 Å². The molecule has 6 unspecified atom stereocenters. The molecule has 0 aliphatic carbocycles. The van der Waals surface area contributed by atoms with E-state index < -0.39 is 67.3 Å². The molecule has 0 saturated carbocycles. The van der Waals surface area contributed by atoms with Gasteiger partial charge in [0.15, 0.2) is 24.6 Å². The minimum Gasteiger partial charge on any atom is -0.479 e. The second-order valence-corrected chi connectivity index (χ2v) is 21.0. The SMILES string of the molecule is CCCC/C=C\CCCCCCCC(=O)OC1C(OCC(COC(=O)CCCCCCCCCCCCCCCCCCCCC)OC(=O)CCCCCCC/C=C\CCCCCC)OC(C(=O)O)C(O)C1O. The van der Waals surface area contributed by atoms with Gasteiger partial charge in [-0.25, -0.2) is 4.79 Å². The number of ether oxygens (including phenoxy) is 5. The summed E-state index contributed by atoms with van der Waals surface area (Å²) in [6, 6.07) is 0. The fourth-order valence-corrected chi connectivity index (χ4v) is 9.29. The second kappa shape index (κ2) is 50.0. The molecule has 0 aromatic carbocycles. The van der Waals surface area contributed by atoms with Gasteiger partial charge >= 0.3 is 23.9 Å². The van der Waals surface area contributed by atoms with Gasteiger partial charge < -0.3 is 39.0 Å². The van der Waals surface area contributed by atoms with E-state index >= 15 is 0 Å². The zero-order valence-electron chi connectivity index (χ0n) is 46.9. The first-order chi connectivity index (χ1) is 35.6. The molecule has 0 bridgehead atoms. The number of carbonyl (C=O) groups excluding carboxylic acids is 3. The Morgan fingerprint density at radius 3 is 1.22 bits per heavy atom. The van der Waals surface area contributed by atoms with Gasteiger partial charge in [0, 0.05) is 19.3 Å². The van der Waals surface area contributed by atoms with Crippen molar-refractivity contribution in [2.75, 3.05) is 13.2 Å². The standard InChI is InChI=1S/C61H110O12/c1-4-7-10-13-16-19-22-24-25-26-27-28-29-31-33-35-38-41-44-47-53(62)69-50-52(71-54(63)48-45-42-39-37-34-30-23-20-17-14-11-8-5-2)51-70-61-59(57(66)56(65)58(73-61)60(67)68)72-55(64)49-46-43-40-36-32-21-18-15-12-9-6-3/h15,18,20,23,52,56-59,61,65-66H,4-14,16-17,19,21-22,24-51H2,1-3H3,(H,67,68)/b18-15-,23-20-. The van der Waals surface area contributed by atoms with E-state index in [1.807, 2.05) is 0 Å². The average molecular weight is 1040 g/mol. The van der Waals surface area contributed by atoms with Crippen molar-refractivity contribution in [2.45, 2.75) is 327 Å². The van der Waals surface area contributed by atoms with Gasteiger partial charge in [-0.2, -0.15) is 0 Å². The number of aliphatic hydroxyl groups is 2. The van der Waals surface area contributed by atoms with Gasteiger partial charge in [0.25, 0.3) is 0 Å². The number of esters is 3. The van der Waals surface area contributed by atoms with Crippen LogP contribution in [-0.2, 0) is 42.9 Å². The lowest BCUT2D eigenvalue weighted by molar-refractivity contribution is -0.301. The van der Waals surface area contributed by atoms with Gasteiger partial charge in [0.2, 0.25) is 0 Å². The largest absolute Gasteiger partial charge is 0.479 e. The highest BCUT2D eigenvalue weighted by atomic mass is 16.7. The molecular weight excluding hydrogens is 925 g/mol. The number of aliphatic carboxylic acids is 1. The van der Waals surface area contributed by atoms with Gasteiger partial charge in [-0.1, -0.05) is 231 Å². The van der Waals surface area contributed by atoms with Crippen molar-refractivity contribution >= 4 is 23.9 Å². The number of carbonyl (C=O) groups is 4. The first kappa shape index (κ1) is 68.2. The van der Waals surface area contributed by atoms with Crippen LogP contribution in [0.25, 0.3) is 0 Å². The third-order valence-corrected chi connectivity index (χ3v) is 14.0. The molecule has 1 heterocycles. The zero-order chi connectivity index (χ0) is 53.3. The number of carboxylic acids is 1. The third-order valence-electron chi connectivity index (χ3n) is 14.0. The molecule has 12 heteroatoms. The maximum absolute atomic E-state index is 13.1. The van der Waals surface area contributed by atoms with E-state index in [1.54, 1.807) is 0 Å². The number of hydrogen-bond acceptors (Lipinski definition) is 11. The van der Waals surface area contributed by atoms with Gasteiger partial charge in [-0.3, -0.25) is 14.4 Å². The normalized spacial score (nSPS) is 18.4. The van der Waals surface area contributed by atoms with Crippen molar-refractivity contribution in [1.29, 1.82) is 0 Å². The van der Waals surface area contributed by atoms with Crippen LogP contribution < -0.4 is 0 Å². The molecule has 0 aromatic rings. The molecular formula is C61H110O12. The third kappa shape index (κ3) is 40.2. The summed E-state index contributed by atoms with van der Waals surface area (Å²) in [5.41, 5.74) is 0. The summed E-state index contributed by atoms with van der Waals surface area (Å²) in [6.45, 7) is 5.95. The van der Waals surface area contributed by atoms with E-state index in [-0.39, 0.29) is 25.9 Å². The molecule has 6 atom stereocenters. The topological polar surface area (TPSA) is 175 Å². The highest BCUT2D eigenvalue weighted by Gasteiger charge is 2.50. The maximum Gasteiger partial charge on any atom is 0.335 e. The molecule has 0 amide bonds. The van der Waals surface area contributed by atoms with Gasteiger partial charge in [-0.05, 0) is 64.2 Å². The van der Waals surface area contributed by atoms with Crippen LogP contribution in [0.5, 0.6) is 0 Å². The lowest BCUT2D eigenvalue weighted by Crippen LogP contribution is -2.61. The van der Waals surface area contributed by atoms with E-state index in [9.17, 15) is 34.5 Å². The summed E-state index contributed by atoms with van der Waals surface area (Å²) in [5.74, 6) is -3.11. The molecule has 1 aliphatic rings. The Balaban J connectivity index is 2.64. The molecule has 1 aliphatic heterocycles. The Bertz CT molecular complexity index is 1370. The smallest absolute Gasteiger partial charge is 0.335 e. The highest BCUT2D eigenvalue weighted by Crippen LogP contribution is 2.27.